The van der Waals surface area contributed by atoms with Gasteiger partial charge in [-0.25, -0.2) is 0 Å². The standard InChI is InChI=1S/C12H18BrNS2/c1-9(11-6-10(13)7-16-11)14-8-12(15-2)4-3-5-12/h6-7,9,14H,3-5,8H2,1-2H3. The third-order valence-corrected chi connectivity index (χ3v) is 6.74. The maximum atomic E-state index is 3.67. The highest BCUT2D eigenvalue weighted by molar-refractivity contribution is 9.10. The van der Waals surface area contributed by atoms with E-state index in [2.05, 4.69) is 45.9 Å². The third kappa shape index (κ3) is 2.84. The minimum absolute atomic E-state index is 0.473. The molecular formula is C12H18BrNS2. The maximum Gasteiger partial charge on any atom is 0.0386 e. The van der Waals surface area contributed by atoms with Crippen molar-refractivity contribution in [2.75, 3.05) is 12.8 Å². The van der Waals surface area contributed by atoms with Gasteiger partial charge < -0.3 is 5.32 Å². The van der Waals surface area contributed by atoms with Crippen LogP contribution in [0.3, 0.4) is 0 Å². The summed E-state index contributed by atoms with van der Waals surface area (Å²) in [6.07, 6.45) is 6.40. The van der Waals surface area contributed by atoms with E-state index in [9.17, 15) is 0 Å². The van der Waals surface area contributed by atoms with Gasteiger partial charge in [0.15, 0.2) is 0 Å². The predicted octanol–water partition coefficient (Wildman–Crippen LogP) is 4.45. The van der Waals surface area contributed by atoms with E-state index in [4.69, 9.17) is 0 Å². The Labute approximate surface area is 115 Å². The summed E-state index contributed by atoms with van der Waals surface area (Å²) in [7, 11) is 0. The lowest BCUT2D eigenvalue weighted by Crippen LogP contribution is -2.43. The van der Waals surface area contributed by atoms with E-state index in [0.717, 1.165) is 6.54 Å². The van der Waals surface area contributed by atoms with Crippen LogP contribution in [0.2, 0.25) is 0 Å². The lowest BCUT2D eigenvalue weighted by Gasteiger charge is -2.41. The van der Waals surface area contributed by atoms with Gasteiger partial charge in [-0.3, -0.25) is 0 Å². The molecule has 0 aliphatic heterocycles. The fourth-order valence-electron chi connectivity index (χ4n) is 2.02. The summed E-state index contributed by atoms with van der Waals surface area (Å²) in [5.41, 5.74) is 0. The van der Waals surface area contributed by atoms with Crippen LogP contribution in [0.1, 0.15) is 37.1 Å². The molecular weight excluding hydrogens is 302 g/mol. The van der Waals surface area contributed by atoms with E-state index >= 15 is 0 Å². The molecule has 1 nitrogen and oxygen atoms in total. The second-order valence-electron chi connectivity index (χ2n) is 4.51. The van der Waals surface area contributed by atoms with E-state index in [0.29, 0.717) is 10.8 Å². The Kier molecular flexibility index (Phi) is 4.38. The van der Waals surface area contributed by atoms with Crippen LogP contribution in [0.4, 0.5) is 0 Å². The van der Waals surface area contributed by atoms with Crippen LogP contribution in [-0.2, 0) is 0 Å². The first kappa shape index (κ1) is 12.9. The fraction of sp³-hybridized carbons (Fsp3) is 0.667. The minimum Gasteiger partial charge on any atom is -0.308 e. The highest BCUT2D eigenvalue weighted by atomic mass is 79.9. The number of thioether (sulfide) groups is 1. The van der Waals surface area contributed by atoms with Crippen molar-refractivity contribution in [1.29, 1.82) is 0 Å². The van der Waals surface area contributed by atoms with Gasteiger partial charge in [0.05, 0.1) is 0 Å². The first-order chi connectivity index (χ1) is 7.65. The second kappa shape index (κ2) is 5.42. The molecule has 1 saturated carbocycles. The molecule has 16 heavy (non-hydrogen) atoms. The Bertz CT molecular complexity index is 341. The molecule has 1 fully saturated rings. The second-order valence-corrected chi connectivity index (χ2v) is 7.64. The zero-order chi connectivity index (χ0) is 11.6. The number of hydrogen-bond acceptors (Lipinski definition) is 3. The molecule has 2 rings (SSSR count). The van der Waals surface area contributed by atoms with Gasteiger partial charge in [0.25, 0.3) is 0 Å². The van der Waals surface area contributed by atoms with Crippen LogP contribution < -0.4 is 5.32 Å². The van der Waals surface area contributed by atoms with Crippen LogP contribution in [0.15, 0.2) is 15.9 Å². The Morgan fingerprint density at radius 1 is 1.62 bits per heavy atom. The molecule has 1 N–H and O–H groups in total. The van der Waals surface area contributed by atoms with E-state index in [-0.39, 0.29) is 0 Å². The molecule has 90 valence electrons. The van der Waals surface area contributed by atoms with Gasteiger partial charge in [0.2, 0.25) is 0 Å². The summed E-state index contributed by atoms with van der Waals surface area (Å²) in [5.74, 6) is 0. The van der Waals surface area contributed by atoms with Gasteiger partial charge in [0, 0.05) is 32.1 Å². The number of rotatable bonds is 5. The van der Waals surface area contributed by atoms with Crippen molar-refractivity contribution in [2.45, 2.75) is 37.0 Å². The van der Waals surface area contributed by atoms with E-state index in [1.165, 1.54) is 28.6 Å². The van der Waals surface area contributed by atoms with Gasteiger partial charge in [0.1, 0.15) is 0 Å². The van der Waals surface area contributed by atoms with Crippen molar-refractivity contribution < 1.29 is 0 Å². The summed E-state index contributed by atoms with van der Waals surface area (Å²) in [6, 6.07) is 2.69. The Hall–Kier alpha value is 0.490. The zero-order valence-electron chi connectivity index (χ0n) is 9.75. The van der Waals surface area contributed by atoms with Crippen molar-refractivity contribution in [2.24, 2.45) is 0 Å². The average Bonchev–Trinajstić information content (AvgIpc) is 2.64. The van der Waals surface area contributed by atoms with E-state index in [1.807, 2.05) is 23.1 Å². The molecule has 4 heteroatoms. The van der Waals surface area contributed by atoms with E-state index in [1.54, 1.807) is 0 Å². The fourth-order valence-corrected chi connectivity index (χ4v) is 4.42. The highest BCUT2D eigenvalue weighted by Gasteiger charge is 2.35. The highest BCUT2D eigenvalue weighted by Crippen LogP contribution is 2.42. The SMILES string of the molecule is CSC1(CNC(C)c2cc(Br)cs2)CCC1. The van der Waals surface area contributed by atoms with Gasteiger partial charge in [-0.1, -0.05) is 6.42 Å². The monoisotopic (exact) mass is 319 g/mol. The first-order valence-corrected chi connectivity index (χ1v) is 8.57. The van der Waals surface area contributed by atoms with Crippen LogP contribution in [0.25, 0.3) is 0 Å². The quantitative estimate of drug-likeness (QED) is 0.860. The Morgan fingerprint density at radius 3 is 2.81 bits per heavy atom. The lowest BCUT2D eigenvalue weighted by atomic mass is 9.84. The smallest absolute Gasteiger partial charge is 0.0386 e. The number of hydrogen-bond donors (Lipinski definition) is 1. The third-order valence-electron chi connectivity index (χ3n) is 3.44. The van der Waals surface area contributed by atoms with E-state index < -0.39 is 0 Å². The van der Waals surface area contributed by atoms with Crippen molar-refractivity contribution in [1.82, 2.24) is 5.32 Å². The maximum absolute atomic E-state index is 3.67. The van der Waals surface area contributed by atoms with Gasteiger partial charge in [-0.05, 0) is 48.0 Å². The number of halogens is 1. The molecule has 0 spiro atoms. The van der Waals surface area contributed by atoms with Crippen molar-refractivity contribution in [3.8, 4) is 0 Å². The molecule has 0 saturated heterocycles. The van der Waals surface area contributed by atoms with Crippen LogP contribution >= 0.6 is 39.0 Å². The van der Waals surface area contributed by atoms with Gasteiger partial charge >= 0.3 is 0 Å². The Balaban J connectivity index is 1.86. The summed E-state index contributed by atoms with van der Waals surface area (Å²) in [5, 5.41) is 5.83. The van der Waals surface area contributed by atoms with Crippen LogP contribution in [-0.4, -0.2) is 17.5 Å². The molecule has 0 aromatic carbocycles. The molecule has 0 radical (unpaired) electrons. The topological polar surface area (TPSA) is 12.0 Å². The molecule has 0 amide bonds. The number of nitrogens with one attached hydrogen (secondary N) is 1. The van der Waals surface area contributed by atoms with Crippen molar-refractivity contribution >= 4 is 39.0 Å². The van der Waals surface area contributed by atoms with Crippen molar-refractivity contribution in [3.63, 3.8) is 0 Å². The molecule has 1 aromatic heterocycles. The average molecular weight is 320 g/mol. The summed E-state index contributed by atoms with van der Waals surface area (Å²) in [6.45, 7) is 3.40. The van der Waals surface area contributed by atoms with Crippen LogP contribution in [0, 0.1) is 0 Å². The zero-order valence-corrected chi connectivity index (χ0v) is 13.0. The van der Waals surface area contributed by atoms with Crippen molar-refractivity contribution in [3.05, 3.63) is 20.8 Å². The lowest BCUT2D eigenvalue weighted by molar-refractivity contribution is 0.335. The number of thiophene rings is 1. The Morgan fingerprint density at radius 2 is 2.38 bits per heavy atom. The largest absolute Gasteiger partial charge is 0.308 e. The molecule has 1 aliphatic rings. The minimum atomic E-state index is 0.473. The molecule has 0 bridgehead atoms. The molecule has 1 aromatic rings. The normalized spacial score (nSPS) is 20.4. The predicted molar refractivity (Wildman–Crippen MR) is 78.5 cm³/mol. The molecule has 1 unspecified atom stereocenters. The molecule has 1 heterocycles. The molecule has 1 atom stereocenters. The summed E-state index contributed by atoms with van der Waals surface area (Å²) in [4.78, 5) is 1.42. The van der Waals surface area contributed by atoms with Gasteiger partial charge in [-0.2, -0.15) is 11.8 Å². The van der Waals surface area contributed by atoms with Gasteiger partial charge in [-0.15, -0.1) is 11.3 Å². The first-order valence-electron chi connectivity index (χ1n) is 5.68. The summed E-state index contributed by atoms with van der Waals surface area (Å²) >= 11 is 7.37. The van der Waals surface area contributed by atoms with Crippen LogP contribution in [0.5, 0.6) is 0 Å². The summed E-state index contributed by atoms with van der Waals surface area (Å²) < 4.78 is 1.73. The molecule has 1 aliphatic carbocycles.